The highest BCUT2D eigenvalue weighted by atomic mass is 32.1. The molecular formula is C19H18N4O2S. The third kappa shape index (κ3) is 3.54. The Labute approximate surface area is 154 Å². The van der Waals surface area contributed by atoms with E-state index in [0.717, 1.165) is 27.9 Å². The number of likely N-dealkylation sites (N-methyl/N-ethyl adjacent to an activating group) is 1. The summed E-state index contributed by atoms with van der Waals surface area (Å²) in [6.07, 6.45) is 3.58. The Morgan fingerprint density at radius 1 is 1.31 bits per heavy atom. The predicted octanol–water partition coefficient (Wildman–Crippen LogP) is 3.95. The summed E-state index contributed by atoms with van der Waals surface area (Å²) in [5, 5.41) is 6.54. The molecule has 0 atom stereocenters. The van der Waals surface area contributed by atoms with E-state index in [0.29, 0.717) is 11.7 Å². The molecule has 3 aromatic heterocycles. The molecule has 7 heteroatoms. The first-order chi connectivity index (χ1) is 12.7. The van der Waals surface area contributed by atoms with Crippen molar-refractivity contribution in [3.63, 3.8) is 0 Å². The Kier molecular flexibility index (Phi) is 4.55. The number of H-pyrrole nitrogens is 1. The van der Waals surface area contributed by atoms with E-state index in [1.807, 2.05) is 53.9 Å². The highest BCUT2D eigenvalue weighted by molar-refractivity contribution is 7.14. The lowest BCUT2D eigenvalue weighted by molar-refractivity contribution is -0.117. The molecule has 0 unspecified atom stereocenters. The van der Waals surface area contributed by atoms with E-state index in [-0.39, 0.29) is 12.5 Å². The van der Waals surface area contributed by atoms with Crippen molar-refractivity contribution in [2.75, 3.05) is 18.9 Å². The molecule has 132 valence electrons. The van der Waals surface area contributed by atoms with E-state index in [9.17, 15) is 4.79 Å². The zero-order valence-corrected chi connectivity index (χ0v) is 15.0. The summed E-state index contributed by atoms with van der Waals surface area (Å²) >= 11 is 1.42. The lowest BCUT2D eigenvalue weighted by Crippen LogP contribution is -2.29. The highest BCUT2D eigenvalue weighted by Gasteiger charge is 2.13. The van der Waals surface area contributed by atoms with Crippen molar-refractivity contribution in [2.45, 2.75) is 6.54 Å². The highest BCUT2D eigenvalue weighted by Crippen LogP contribution is 2.30. The number of hydrogen-bond donors (Lipinski definition) is 2. The van der Waals surface area contributed by atoms with E-state index in [1.165, 1.54) is 11.3 Å². The minimum Gasteiger partial charge on any atom is -0.468 e. The van der Waals surface area contributed by atoms with Gasteiger partial charge in [-0.3, -0.25) is 9.69 Å². The van der Waals surface area contributed by atoms with Gasteiger partial charge in [-0.15, -0.1) is 11.3 Å². The van der Waals surface area contributed by atoms with E-state index in [1.54, 1.807) is 6.26 Å². The molecule has 4 rings (SSSR count). The first-order valence-corrected chi connectivity index (χ1v) is 9.10. The zero-order valence-electron chi connectivity index (χ0n) is 14.2. The number of aromatic amines is 1. The molecule has 2 N–H and O–H groups in total. The van der Waals surface area contributed by atoms with E-state index < -0.39 is 0 Å². The number of para-hydroxylation sites is 1. The molecule has 0 aliphatic carbocycles. The number of furan rings is 1. The largest absolute Gasteiger partial charge is 0.468 e. The fourth-order valence-electron chi connectivity index (χ4n) is 2.87. The maximum absolute atomic E-state index is 12.2. The van der Waals surface area contributed by atoms with Crippen LogP contribution in [0.4, 0.5) is 5.13 Å². The average molecular weight is 366 g/mol. The number of rotatable bonds is 6. The van der Waals surface area contributed by atoms with Crippen LogP contribution in [0.5, 0.6) is 0 Å². The topological polar surface area (TPSA) is 74.2 Å². The Morgan fingerprint density at radius 3 is 3.04 bits per heavy atom. The first kappa shape index (κ1) is 16.6. The molecule has 4 aromatic rings. The van der Waals surface area contributed by atoms with Crippen LogP contribution in [-0.4, -0.2) is 34.4 Å². The van der Waals surface area contributed by atoms with Gasteiger partial charge in [0.2, 0.25) is 5.91 Å². The molecule has 1 aromatic carbocycles. The SMILES string of the molecule is CN(CC(=O)Nc1nc(-c2c[nH]c3ccccc23)cs1)Cc1ccco1. The first-order valence-electron chi connectivity index (χ1n) is 8.22. The molecular weight excluding hydrogens is 348 g/mol. The summed E-state index contributed by atoms with van der Waals surface area (Å²) in [6, 6.07) is 11.8. The van der Waals surface area contributed by atoms with Gasteiger partial charge in [-0.05, 0) is 25.2 Å². The van der Waals surface area contributed by atoms with Gasteiger partial charge >= 0.3 is 0 Å². The quantitative estimate of drug-likeness (QED) is 0.542. The minimum atomic E-state index is -0.0983. The van der Waals surface area contributed by atoms with E-state index in [2.05, 4.69) is 21.4 Å². The van der Waals surface area contributed by atoms with Crippen LogP contribution in [0.1, 0.15) is 5.76 Å². The number of fused-ring (bicyclic) bond motifs is 1. The third-order valence-corrected chi connectivity index (χ3v) is 4.79. The summed E-state index contributed by atoms with van der Waals surface area (Å²) in [5.74, 6) is 0.732. The smallest absolute Gasteiger partial charge is 0.240 e. The second kappa shape index (κ2) is 7.15. The predicted molar refractivity (Wildman–Crippen MR) is 103 cm³/mol. The molecule has 0 aliphatic heterocycles. The van der Waals surface area contributed by atoms with Gasteiger partial charge in [0.05, 0.1) is 25.0 Å². The van der Waals surface area contributed by atoms with Crippen LogP contribution in [0.25, 0.3) is 22.2 Å². The monoisotopic (exact) mass is 366 g/mol. The Balaban J connectivity index is 1.41. The van der Waals surface area contributed by atoms with Gasteiger partial charge < -0.3 is 14.7 Å². The second-order valence-electron chi connectivity index (χ2n) is 6.09. The summed E-state index contributed by atoms with van der Waals surface area (Å²) < 4.78 is 5.30. The summed E-state index contributed by atoms with van der Waals surface area (Å²) in [7, 11) is 1.88. The van der Waals surface area contributed by atoms with Crippen LogP contribution in [0.2, 0.25) is 0 Å². The molecule has 0 fully saturated rings. The molecule has 0 aliphatic rings. The lowest BCUT2D eigenvalue weighted by Gasteiger charge is -2.13. The third-order valence-electron chi connectivity index (χ3n) is 4.04. The fourth-order valence-corrected chi connectivity index (χ4v) is 3.59. The van der Waals surface area contributed by atoms with E-state index >= 15 is 0 Å². The zero-order chi connectivity index (χ0) is 17.9. The van der Waals surface area contributed by atoms with Crippen molar-refractivity contribution in [3.8, 4) is 11.3 Å². The number of benzene rings is 1. The van der Waals surface area contributed by atoms with Crippen LogP contribution in [0.15, 0.2) is 58.7 Å². The molecule has 0 spiro atoms. The number of thiazole rings is 1. The Bertz CT molecular complexity index is 1020. The number of nitrogens with zero attached hydrogens (tertiary/aromatic N) is 2. The van der Waals surface area contributed by atoms with Crippen molar-refractivity contribution in [1.82, 2.24) is 14.9 Å². The minimum absolute atomic E-state index is 0.0983. The number of carbonyl (C=O) groups excluding carboxylic acids is 1. The van der Waals surface area contributed by atoms with Gasteiger partial charge in [0.1, 0.15) is 5.76 Å². The van der Waals surface area contributed by atoms with Gasteiger partial charge in [0, 0.05) is 28.0 Å². The Morgan fingerprint density at radius 2 is 2.19 bits per heavy atom. The van der Waals surface area contributed by atoms with Crippen LogP contribution >= 0.6 is 11.3 Å². The van der Waals surface area contributed by atoms with Gasteiger partial charge in [0.15, 0.2) is 5.13 Å². The molecule has 3 heterocycles. The van der Waals surface area contributed by atoms with Gasteiger partial charge in [-0.2, -0.15) is 0 Å². The van der Waals surface area contributed by atoms with Crippen LogP contribution in [-0.2, 0) is 11.3 Å². The van der Waals surface area contributed by atoms with Crippen LogP contribution < -0.4 is 5.32 Å². The molecule has 0 saturated heterocycles. The van der Waals surface area contributed by atoms with Crippen LogP contribution in [0.3, 0.4) is 0 Å². The summed E-state index contributed by atoms with van der Waals surface area (Å²) in [4.78, 5) is 21.9. The fraction of sp³-hybridized carbons (Fsp3) is 0.158. The second-order valence-corrected chi connectivity index (χ2v) is 6.94. The van der Waals surface area contributed by atoms with E-state index in [4.69, 9.17) is 4.42 Å². The van der Waals surface area contributed by atoms with Gasteiger partial charge in [-0.25, -0.2) is 4.98 Å². The Hall–Kier alpha value is -2.90. The van der Waals surface area contributed by atoms with Gasteiger partial charge in [-0.1, -0.05) is 18.2 Å². The number of carbonyl (C=O) groups is 1. The number of nitrogens with one attached hydrogen (secondary N) is 2. The van der Waals surface area contributed by atoms with Crippen molar-refractivity contribution in [3.05, 3.63) is 60.0 Å². The van der Waals surface area contributed by atoms with Gasteiger partial charge in [0.25, 0.3) is 0 Å². The molecule has 0 radical (unpaired) electrons. The normalized spacial score (nSPS) is 11.3. The van der Waals surface area contributed by atoms with Crippen molar-refractivity contribution < 1.29 is 9.21 Å². The lowest BCUT2D eigenvalue weighted by atomic mass is 10.1. The molecule has 6 nitrogen and oxygen atoms in total. The number of aromatic nitrogens is 2. The standard InChI is InChI=1S/C19H18N4O2S/c1-23(10-13-5-4-8-25-13)11-18(24)22-19-21-17(12-26-19)15-9-20-16-7-3-2-6-14(15)16/h2-9,12,20H,10-11H2,1H3,(H,21,22,24). The van der Waals surface area contributed by atoms with Crippen molar-refractivity contribution in [2.24, 2.45) is 0 Å². The maximum Gasteiger partial charge on any atom is 0.240 e. The summed E-state index contributed by atoms with van der Waals surface area (Å²) in [5.41, 5.74) is 2.96. The number of hydrogen-bond acceptors (Lipinski definition) is 5. The maximum atomic E-state index is 12.2. The molecule has 1 amide bonds. The molecule has 26 heavy (non-hydrogen) atoms. The molecule has 0 saturated carbocycles. The number of amides is 1. The molecule has 0 bridgehead atoms. The van der Waals surface area contributed by atoms with Crippen molar-refractivity contribution in [1.29, 1.82) is 0 Å². The van der Waals surface area contributed by atoms with Crippen LogP contribution in [0, 0.1) is 0 Å². The number of anilines is 1. The van der Waals surface area contributed by atoms with Crippen molar-refractivity contribution >= 4 is 33.3 Å². The summed E-state index contributed by atoms with van der Waals surface area (Å²) in [6.45, 7) is 0.849. The average Bonchev–Trinajstić information content (AvgIpc) is 3.34.